The Labute approximate surface area is 186 Å². The van der Waals surface area contributed by atoms with E-state index in [1.807, 2.05) is 10.9 Å². The van der Waals surface area contributed by atoms with E-state index in [0.29, 0.717) is 5.56 Å². The van der Waals surface area contributed by atoms with Gasteiger partial charge in [-0.3, -0.25) is 0 Å². The molecule has 0 spiro atoms. The second kappa shape index (κ2) is 7.85. The minimum absolute atomic E-state index is 0.0139. The zero-order valence-corrected chi connectivity index (χ0v) is 18.2. The van der Waals surface area contributed by atoms with Crippen LogP contribution >= 0.6 is 0 Å². The number of rotatable bonds is 4. The van der Waals surface area contributed by atoms with E-state index in [9.17, 15) is 13.9 Å². The molecular formula is C26H26F2N2O2. The first-order valence-corrected chi connectivity index (χ1v) is 11.0. The maximum absolute atomic E-state index is 13.9. The van der Waals surface area contributed by atoms with Crippen LogP contribution in [0.4, 0.5) is 8.78 Å². The number of ether oxygens (including phenoxy) is 1. The van der Waals surface area contributed by atoms with Gasteiger partial charge in [0.2, 0.25) is 0 Å². The highest BCUT2D eigenvalue weighted by molar-refractivity contribution is 5.61. The zero-order chi connectivity index (χ0) is 22.5. The van der Waals surface area contributed by atoms with E-state index in [4.69, 9.17) is 4.74 Å². The minimum Gasteiger partial charge on any atom is -0.494 e. The number of hydrogen-bond acceptors (Lipinski definition) is 3. The Morgan fingerprint density at radius 3 is 2.72 bits per heavy atom. The van der Waals surface area contributed by atoms with Crippen molar-refractivity contribution < 1.29 is 18.6 Å². The Hall–Kier alpha value is -2.99. The van der Waals surface area contributed by atoms with Crippen molar-refractivity contribution in [1.82, 2.24) is 9.78 Å². The van der Waals surface area contributed by atoms with Gasteiger partial charge in [0.05, 0.1) is 30.8 Å². The molecule has 1 N–H and O–H groups in total. The molecule has 2 aliphatic carbocycles. The van der Waals surface area contributed by atoms with Crippen LogP contribution in [0, 0.1) is 23.0 Å². The molecule has 4 nitrogen and oxygen atoms in total. The summed E-state index contributed by atoms with van der Waals surface area (Å²) in [6.45, 7) is 2.21. The highest BCUT2D eigenvalue weighted by Crippen LogP contribution is 2.55. The number of methoxy groups -OCH3 is 1. The van der Waals surface area contributed by atoms with Crippen molar-refractivity contribution in [3.63, 3.8) is 0 Å². The average molecular weight is 437 g/mol. The molecule has 3 atom stereocenters. The zero-order valence-electron chi connectivity index (χ0n) is 18.2. The number of nitrogens with zero attached hydrogens (tertiary/aromatic N) is 2. The molecule has 0 bridgehead atoms. The Kier molecular flexibility index (Phi) is 5.13. The number of hydrogen-bond donors (Lipinski definition) is 1. The van der Waals surface area contributed by atoms with Crippen molar-refractivity contribution in [2.75, 3.05) is 7.11 Å². The quantitative estimate of drug-likeness (QED) is 0.576. The maximum Gasteiger partial charge on any atom is 0.165 e. The Morgan fingerprint density at radius 2 is 1.97 bits per heavy atom. The van der Waals surface area contributed by atoms with E-state index >= 15 is 0 Å². The lowest BCUT2D eigenvalue weighted by Crippen LogP contribution is -2.40. The second-order valence-corrected chi connectivity index (χ2v) is 9.04. The number of aliphatic hydroxyl groups is 1. The molecule has 166 valence electrons. The van der Waals surface area contributed by atoms with Crippen molar-refractivity contribution in [3.05, 3.63) is 82.7 Å². The van der Waals surface area contributed by atoms with E-state index in [-0.39, 0.29) is 22.9 Å². The number of aromatic nitrogens is 2. The third kappa shape index (κ3) is 3.34. The first-order chi connectivity index (χ1) is 15.4. The van der Waals surface area contributed by atoms with Crippen LogP contribution in [0.2, 0.25) is 0 Å². The molecule has 3 aromatic rings. The summed E-state index contributed by atoms with van der Waals surface area (Å²) in [5.41, 5.74) is 4.67. The monoisotopic (exact) mass is 436 g/mol. The van der Waals surface area contributed by atoms with Crippen molar-refractivity contribution in [1.29, 1.82) is 0 Å². The molecule has 5 rings (SSSR count). The highest BCUT2D eigenvalue weighted by Gasteiger charge is 2.46. The lowest BCUT2D eigenvalue weighted by molar-refractivity contribution is 0.0215. The van der Waals surface area contributed by atoms with E-state index < -0.39 is 11.9 Å². The van der Waals surface area contributed by atoms with Gasteiger partial charge in [0.1, 0.15) is 5.82 Å². The van der Waals surface area contributed by atoms with Crippen LogP contribution < -0.4 is 4.74 Å². The number of benzene rings is 2. The standard InChI is InChI=1S/C26H26F2N2O2/c1-26-14-17-15-29-30(20-9-7-19(27)8-10-20)23(17)13-18(26)4-3-5-21(26)25(31)16-6-11-22(28)24(12-16)32-2/h6-13,15,21,25,31H,3-5,14H2,1-2H3/t21-,25+,26+/m1/s1. The molecule has 2 aliphatic rings. The predicted molar refractivity (Wildman–Crippen MR) is 119 cm³/mol. The molecule has 0 amide bonds. The van der Waals surface area contributed by atoms with Crippen LogP contribution in [0.15, 0.2) is 54.2 Å². The first kappa shape index (κ1) is 20.9. The molecule has 0 saturated heterocycles. The predicted octanol–water partition coefficient (Wildman–Crippen LogP) is 5.64. The van der Waals surface area contributed by atoms with E-state index in [2.05, 4.69) is 18.1 Å². The Bertz CT molecular complexity index is 1190. The molecule has 1 heterocycles. The van der Waals surface area contributed by atoms with Crippen LogP contribution in [0.3, 0.4) is 0 Å². The van der Waals surface area contributed by atoms with Gasteiger partial charge in [0.25, 0.3) is 0 Å². The van der Waals surface area contributed by atoms with Crippen molar-refractivity contribution in [3.8, 4) is 11.4 Å². The molecule has 1 saturated carbocycles. The molecule has 0 radical (unpaired) electrons. The van der Waals surface area contributed by atoms with Gasteiger partial charge in [0, 0.05) is 0 Å². The van der Waals surface area contributed by atoms with E-state index in [0.717, 1.165) is 42.6 Å². The average Bonchev–Trinajstić information content (AvgIpc) is 3.19. The fourth-order valence-corrected chi connectivity index (χ4v) is 5.47. The topological polar surface area (TPSA) is 47.3 Å². The molecule has 0 aliphatic heterocycles. The van der Waals surface area contributed by atoms with Gasteiger partial charge in [-0.25, -0.2) is 13.5 Å². The highest BCUT2D eigenvalue weighted by atomic mass is 19.1. The summed E-state index contributed by atoms with van der Waals surface area (Å²) in [7, 11) is 1.43. The number of halogens is 2. The van der Waals surface area contributed by atoms with Crippen LogP contribution in [-0.4, -0.2) is 22.0 Å². The Morgan fingerprint density at radius 1 is 1.19 bits per heavy atom. The fourth-order valence-electron chi connectivity index (χ4n) is 5.47. The number of allylic oxidation sites excluding steroid dienone is 1. The van der Waals surface area contributed by atoms with Crippen molar-refractivity contribution in [2.24, 2.45) is 11.3 Å². The largest absolute Gasteiger partial charge is 0.494 e. The molecule has 0 unspecified atom stereocenters. The third-order valence-electron chi connectivity index (χ3n) is 7.24. The molecule has 32 heavy (non-hydrogen) atoms. The number of fused-ring (bicyclic) bond motifs is 2. The van der Waals surface area contributed by atoms with Gasteiger partial charge in [0.15, 0.2) is 11.6 Å². The van der Waals surface area contributed by atoms with Crippen LogP contribution in [0.25, 0.3) is 11.8 Å². The van der Waals surface area contributed by atoms with E-state index in [1.165, 1.54) is 30.9 Å². The lowest BCUT2D eigenvalue weighted by Gasteiger charge is -2.47. The second-order valence-electron chi connectivity index (χ2n) is 9.04. The number of aliphatic hydroxyl groups excluding tert-OH is 1. The van der Waals surface area contributed by atoms with E-state index in [1.54, 1.807) is 24.3 Å². The normalized spacial score (nSPS) is 23.2. The summed E-state index contributed by atoms with van der Waals surface area (Å²) >= 11 is 0. The molecule has 2 aromatic carbocycles. The Balaban J connectivity index is 1.51. The van der Waals surface area contributed by atoms with Gasteiger partial charge in [-0.1, -0.05) is 18.6 Å². The summed E-state index contributed by atoms with van der Waals surface area (Å²) in [4.78, 5) is 0. The third-order valence-corrected chi connectivity index (χ3v) is 7.24. The minimum atomic E-state index is -0.730. The summed E-state index contributed by atoms with van der Waals surface area (Å²) in [6, 6.07) is 10.9. The van der Waals surface area contributed by atoms with Crippen LogP contribution in [0.1, 0.15) is 49.1 Å². The summed E-state index contributed by atoms with van der Waals surface area (Å²) in [5.74, 6) is -0.582. The van der Waals surface area contributed by atoms with Gasteiger partial charge >= 0.3 is 0 Å². The molecule has 1 aromatic heterocycles. The van der Waals surface area contributed by atoms with Gasteiger partial charge in [-0.2, -0.15) is 5.10 Å². The SMILES string of the molecule is COc1cc([C@H](O)[C@H]2CCCC3=Cc4c(cnn4-c4ccc(F)cc4)C[C@@]32C)ccc1F. The summed E-state index contributed by atoms with van der Waals surface area (Å²) < 4.78 is 34.3. The summed E-state index contributed by atoms with van der Waals surface area (Å²) in [6.07, 6.45) is 6.91. The van der Waals surface area contributed by atoms with Gasteiger partial charge < -0.3 is 9.84 Å². The maximum atomic E-state index is 13.9. The first-order valence-electron chi connectivity index (χ1n) is 11.0. The molecule has 6 heteroatoms. The van der Waals surface area contributed by atoms with Crippen LogP contribution in [-0.2, 0) is 6.42 Å². The lowest BCUT2D eigenvalue weighted by atomic mass is 9.57. The molecule has 1 fully saturated rings. The van der Waals surface area contributed by atoms with Gasteiger partial charge in [-0.15, -0.1) is 0 Å². The van der Waals surface area contributed by atoms with Gasteiger partial charge in [-0.05, 0) is 90.6 Å². The van der Waals surface area contributed by atoms with Crippen molar-refractivity contribution in [2.45, 2.75) is 38.7 Å². The molecular weight excluding hydrogens is 410 g/mol. The van der Waals surface area contributed by atoms with Crippen molar-refractivity contribution >= 4 is 6.08 Å². The van der Waals surface area contributed by atoms with Crippen LogP contribution in [0.5, 0.6) is 5.75 Å². The smallest absolute Gasteiger partial charge is 0.165 e. The summed E-state index contributed by atoms with van der Waals surface area (Å²) in [5, 5.41) is 15.9. The fraction of sp³-hybridized carbons (Fsp3) is 0.346.